The fraction of sp³-hybridized carbons (Fsp3) is 0.111. The van der Waals surface area contributed by atoms with Gasteiger partial charge in [0, 0.05) is 5.56 Å². The molecule has 0 aliphatic carbocycles. The summed E-state index contributed by atoms with van der Waals surface area (Å²) in [7, 11) is 0. The van der Waals surface area contributed by atoms with Crippen LogP contribution < -0.4 is 0 Å². The molecule has 0 atom stereocenters. The topological polar surface area (TPSA) is 0 Å². The molecule has 0 fully saturated rings. The van der Waals surface area contributed by atoms with E-state index < -0.39 is 28.8 Å². The van der Waals surface area contributed by atoms with Gasteiger partial charge in [-0.3, -0.25) is 0 Å². The summed E-state index contributed by atoms with van der Waals surface area (Å²) in [5.41, 5.74) is 0.126. The molecule has 0 unspecified atom stereocenters. The second-order valence-corrected chi connectivity index (χ2v) is 4.55. The highest BCUT2D eigenvalue weighted by atomic mass is 19.2. The average molecular weight is 304 g/mol. The van der Waals surface area contributed by atoms with E-state index in [1.807, 2.05) is 6.92 Å². The van der Waals surface area contributed by atoms with Crippen LogP contribution in [0.25, 0.3) is 6.08 Å². The Bertz CT molecular complexity index is 756. The lowest BCUT2D eigenvalue weighted by Crippen LogP contribution is -1.92. The number of hydrogen-bond acceptors (Lipinski definition) is 0. The Kier molecular flexibility index (Phi) is 5.00. The van der Waals surface area contributed by atoms with Crippen LogP contribution in [-0.2, 0) is 0 Å². The van der Waals surface area contributed by atoms with E-state index >= 15 is 0 Å². The zero-order valence-corrected chi connectivity index (χ0v) is 11.8. The Morgan fingerprint density at radius 3 is 2.14 bits per heavy atom. The lowest BCUT2D eigenvalue weighted by molar-refractivity contribution is 0.508. The molecule has 2 aromatic rings. The van der Waals surface area contributed by atoms with Crippen LogP contribution in [0.5, 0.6) is 0 Å². The quantitative estimate of drug-likeness (QED) is 0.537. The maximum Gasteiger partial charge on any atom is 0.160 e. The Morgan fingerprint density at radius 2 is 1.55 bits per heavy atom. The summed E-state index contributed by atoms with van der Waals surface area (Å²) in [6.45, 7) is 1.91. The maximum absolute atomic E-state index is 13.9. The van der Waals surface area contributed by atoms with Gasteiger partial charge in [-0.05, 0) is 42.3 Å². The van der Waals surface area contributed by atoms with Crippen LogP contribution in [0.15, 0.2) is 36.4 Å². The van der Waals surface area contributed by atoms with Gasteiger partial charge >= 0.3 is 0 Å². The van der Waals surface area contributed by atoms with Crippen molar-refractivity contribution in [3.05, 3.63) is 76.4 Å². The monoisotopic (exact) mass is 304 g/mol. The minimum absolute atomic E-state index is 0.132. The van der Waals surface area contributed by atoms with Crippen molar-refractivity contribution in [2.45, 2.75) is 13.3 Å². The first-order valence-corrected chi connectivity index (χ1v) is 6.64. The van der Waals surface area contributed by atoms with Gasteiger partial charge in [0.15, 0.2) is 11.6 Å². The highest BCUT2D eigenvalue weighted by Gasteiger charge is 2.08. The van der Waals surface area contributed by atoms with E-state index in [9.17, 15) is 17.6 Å². The Morgan fingerprint density at radius 1 is 0.864 bits per heavy atom. The third-order valence-corrected chi connectivity index (χ3v) is 2.86. The van der Waals surface area contributed by atoms with Gasteiger partial charge in [-0.15, -0.1) is 0 Å². The molecule has 2 rings (SSSR count). The standard InChI is InChI=1S/C18H12F4/c1-2-3-4-13-10-16(20)14(17(21)11-13)7-5-12-6-8-15(19)18(22)9-12/h3-4,6,8-11H,2H2,1H3. The molecule has 0 heterocycles. The van der Waals surface area contributed by atoms with Gasteiger partial charge < -0.3 is 0 Å². The molecule has 0 radical (unpaired) electrons. The van der Waals surface area contributed by atoms with Crippen LogP contribution in [0.4, 0.5) is 17.6 Å². The van der Waals surface area contributed by atoms with Gasteiger partial charge in [0.2, 0.25) is 0 Å². The molecular formula is C18H12F4. The van der Waals surface area contributed by atoms with E-state index in [1.165, 1.54) is 18.2 Å². The summed E-state index contributed by atoms with van der Waals surface area (Å²) in [5, 5.41) is 0. The van der Waals surface area contributed by atoms with E-state index in [1.54, 1.807) is 12.2 Å². The minimum atomic E-state index is -1.06. The molecule has 4 heteroatoms. The molecule has 22 heavy (non-hydrogen) atoms. The van der Waals surface area contributed by atoms with Crippen molar-refractivity contribution in [2.24, 2.45) is 0 Å². The molecule has 0 aromatic heterocycles. The van der Waals surface area contributed by atoms with Crippen molar-refractivity contribution in [1.29, 1.82) is 0 Å². The third-order valence-electron chi connectivity index (χ3n) is 2.86. The molecule has 0 amide bonds. The third kappa shape index (κ3) is 3.76. The molecule has 0 N–H and O–H groups in total. The predicted octanol–water partition coefficient (Wildman–Crippen LogP) is 5.07. The van der Waals surface area contributed by atoms with E-state index in [0.717, 1.165) is 18.6 Å². The smallest absolute Gasteiger partial charge is 0.160 e. The van der Waals surface area contributed by atoms with Crippen molar-refractivity contribution < 1.29 is 17.6 Å². The van der Waals surface area contributed by atoms with Crippen molar-refractivity contribution in [3.8, 4) is 11.8 Å². The first-order valence-electron chi connectivity index (χ1n) is 6.64. The van der Waals surface area contributed by atoms with Crippen LogP contribution >= 0.6 is 0 Å². The first kappa shape index (κ1) is 15.8. The fourth-order valence-electron chi connectivity index (χ4n) is 1.77. The summed E-state index contributed by atoms with van der Waals surface area (Å²) < 4.78 is 53.6. The summed E-state index contributed by atoms with van der Waals surface area (Å²) in [6.07, 6.45) is 4.14. The van der Waals surface area contributed by atoms with Gasteiger partial charge in [-0.2, -0.15) is 0 Å². The lowest BCUT2D eigenvalue weighted by atomic mass is 10.1. The van der Waals surface area contributed by atoms with E-state index in [0.29, 0.717) is 5.56 Å². The summed E-state index contributed by atoms with van der Waals surface area (Å²) in [4.78, 5) is 0. The van der Waals surface area contributed by atoms with Crippen molar-refractivity contribution in [1.82, 2.24) is 0 Å². The molecule has 2 aromatic carbocycles. The summed E-state index contributed by atoms with van der Waals surface area (Å²) in [6, 6.07) is 5.36. The number of allylic oxidation sites excluding steroid dienone is 1. The Hall–Kier alpha value is -2.54. The van der Waals surface area contributed by atoms with Crippen LogP contribution in [0.3, 0.4) is 0 Å². The SMILES string of the molecule is CCC=Cc1cc(F)c(C#Cc2ccc(F)c(F)c2)c(F)c1. The zero-order valence-electron chi connectivity index (χ0n) is 11.8. The van der Waals surface area contributed by atoms with Gasteiger partial charge in [0.1, 0.15) is 11.6 Å². The number of rotatable bonds is 2. The van der Waals surface area contributed by atoms with Gasteiger partial charge in [-0.25, -0.2) is 17.6 Å². The molecule has 0 bridgehead atoms. The van der Waals surface area contributed by atoms with Gasteiger partial charge in [-0.1, -0.05) is 30.9 Å². The molecule has 0 aliphatic rings. The largest absolute Gasteiger partial charge is 0.205 e. The van der Waals surface area contributed by atoms with Crippen molar-refractivity contribution in [2.75, 3.05) is 0 Å². The molecule has 0 saturated heterocycles. The molecular weight excluding hydrogens is 292 g/mol. The molecule has 0 aliphatic heterocycles. The van der Waals surface area contributed by atoms with Crippen LogP contribution in [-0.4, -0.2) is 0 Å². The number of benzene rings is 2. The normalized spacial score (nSPS) is 10.6. The van der Waals surface area contributed by atoms with Gasteiger partial charge in [0.25, 0.3) is 0 Å². The summed E-state index contributed by atoms with van der Waals surface area (Å²) in [5.74, 6) is 1.07. The second-order valence-electron chi connectivity index (χ2n) is 4.55. The first-order chi connectivity index (χ1) is 10.5. The predicted molar refractivity (Wildman–Crippen MR) is 78.0 cm³/mol. The fourth-order valence-corrected chi connectivity index (χ4v) is 1.77. The number of hydrogen-bond donors (Lipinski definition) is 0. The summed E-state index contributed by atoms with van der Waals surface area (Å²) >= 11 is 0. The Labute approximate surface area is 126 Å². The average Bonchev–Trinajstić information content (AvgIpc) is 2.47. The second kappa shape index (κ2) is 6.95. The molecule has 0 spiro atoms. The van der Waals surface area contributed by atoms with E-state index in [-0.39, 0.29) is 5.56 Å². The maximum atomic E-state index is 13.9. The van der Waals surface area contributed by atoms with Gasteiger partial charge in [0.05, 0.1) is 5.56 Å². The van der Waals surface area contributed by atoms with Crippen LogP contribution in [0, 0.1) is 35.1 Å². The molecule has 0 saturated carbocycles. The van der Waals surface area contributed by atoms with Crippen molar-refractivity contribution in [3.63, 3.8) is 0 Å². The van der Waals surface area contributed by atoms with E-state index in [2.05, 4.69) is 11.8 Å². The highest BCUT2D eigenvalue weighted by molar-refractivity contribution is 5.53. The lowest BCUT2D eigenvalue weighted by Gasteiger charge is -2.00. The minimum Gasteiger partial charge on any atom is -0.205 e. The zero-order chi connectivity index (χ0) is 16.1. The molecule has 112 valence electrons. The van der Waals surface area contributed by atoms with E-state index in [4.69, 9.17) is 0 Å². The molecule has 0 nitrogen and oxygen atoms in total. The Balaban J connectivity index is 2.36. The number of halogens is 4. The van der Waals surface area contributed by atoms with Crippen molar-refractivity contribution >= 4 is 6.08 Å². The van der Waals surface area contributed by atoms with Crippen LogP contribution in [0.2, 0.25) is 0 Å². The van der Waals surface area contributed by atoms with Crippen LogP contribution in [0.1, 0.15) is 30.0 Å². The highest BCUT2D eigenvalue weighted by Crippen LogP contribution is 2.16.